The van der Waals surface area contributed by atoms with Gasteiger partial charge in [-0.15, -0.1) is 23.7 Å². The van der Waals surface area contributed by atoms with Gasteiger partial charge in [0.05, 0.1) is 11.6 Å². The largest absolute Gasteiger partial charge is 0.326 e. The molecule has 1 amide bonds. The van der Waals surface area contributed by atoms with Crippen molar-refractivity contribution >= 4 is 40.3 Å². The lowest BCUT2D eigenvalue weighted by molar-refractivity contribution is -0.122. The third kappa shape index (κ3) is 3.63. The molecule has 0 radical (unpaired) electrons. The number of halogens is 1. The first kappa shape index (κ1) is 18.9. The minimum absolute atomic E-state index is 0. The number of thiazole rings is 1. The summed E-state index contributed by atoms with van der Waals surface area (Å²) in [6, 6.07) is 7.84. The Morgan fingerprint density at radius 1 is 1.35 bits per heavy atom. The smallest absolute Gasteiger partial charge is 0.229 e. The summed E-state index contributed by atoms with van der Waals surface area (Å²) in [5.74, 6) is -0.0965. The van der Waals surface area contributed by atoms with Crippen LogP contribution in [0.5, 0.6) is 0 Å². The fourth-order valence-electron chi connectivity index (χ4n) is 3.61. The van der Waals surface area contributed by atoms with Crippen molar-refractivity contribution in [1.29, 1.82) is 0 Å². The lowest BCUT2D eigenvalue weighted by atomic mass is 9.74. The van der Waals surface area contributed by atoms with E-state index in [2.05, 4.69) is 10.3 Å². The van der Waals surface area contributed by atoms with Gasteiger partial charge in [0.25, 0.3) is 0 Å². The molecule has 2 atom stereocenters. The number of nitrogens with one attached hydrogen (secondary N) is 1. The van der Waals surface area contributed by atoms with Crippen molar-refractivity contribution in [1.82, 2.24) is 9.38 Å². The molecule has 1 aliphatic carbocycles. The summed E-state index contributed by atoms with van der Waals surface area (Å²) in [6.07, 6.45) is 7.96. The average Bonchev–Trinajstić information content (AvgIpc) is 3.16. The van der Waals surface area contributed by atoms with E-state index in [4.69, 9.17) is 5.73 Å². The SMILES string of the molecule is CC1(N)CCCCC1C(=O)Nc1ccc(-c2cn3ccsc3n2)cc1.Cl. The maximum absolute atomic E-state index is 12.6. The lowest BCUT2D eigenvalue weighted by Gasteiger charge is -2.37. The third-order valence-corrected chi connectivity index (χ3v) is 5.88. The molecule has 4 rings (SSSR count). The van der Waals surface area contributed by atoms with Gasteiger partial charge < -0.3 is 11.1 Å². The number of fused-ring (bicyclic) bond motifs is 1. The van der Waals surface area contributed by atoms with Crippen LogP contribution in [0.25, 0.3) is 16.2 Å². The van der Waals surface area contributed by atoms with Gasteiger partial charge in [0.15, 0.2) is 4.96 Å². The third-order valence-electron chi connectivity index (χ3n) is 5.11. The van der Waals surface area contributed by atoms with E-state index in [0.717, 1.165) is 47.6 Å². The number of carbonyl (C=O) groups excluding carboxylic acids is 1. The van der Waals surface area contributed by atoms with Crippen molar-refractivity contribution in [2.24, 2.45) is 11.7 Å². The molecule has 1 saturated carbocycles. The number of hydrogen-bond donors (Lipinski definition) is 2. The quantitative estimate of drug-likeness (QED) is 0.699. The standard InChI is InChI=1S/C19H22N4OS.ClH/c1-19(20)9-3-2-4-15(19)17(24)21-14-7-5-13(6-8-14)16-12-23-10-11-25-18(23)22-16;/h5-8,10-12,15H,2-4,9,20H2,1H3,(H,21,24);1H. The first-order valence-corrected chi connectivity index (χ1v) is 9.53. The molecular weight excluding hydrogens is 368 g/mol. The zero-order valence-corrected chi connectivity index (χ0v) is 16.3. The van der Waals surface area contributed by atoms with E-state index in [1.165, 1.54) is 0 Å². The molecule has 138 valence electrons. The Bertz CT molecular complexity index is 871. The predicted molar refractivity (Wildman–Crippen MR) is 109 cm³/mol. The van der Waals surface area contributed by atoms with E-state index in [0.29, 0.717) is 0 Å². The van der Waals surface area contributed by atoms with Crippen LogP contribution < -0.4 is 11.1 Å². The van der Waals surface area contributed by atoms with E-state index in [1.807, 2.05) is 53.4 Å². The molecular formula is C19H23ClN4OS. The fraction of sp³-hybridized carbons (Fsp3) is 0.368. The number of anilines is 1. The summed E-state index contributed by atoms with van der Waals surface area (Å²) in [6.45, 7) is 1.99. The molecule has 3 aromatic rings. The fourth-order valence-corrected chi connectivity index (χ4v) is 4.31. The maximum Gasteiger partial charge on any atom is 0.229 e. The van der Waals surface area contributed by atoms with Crippen LogP contribution in [0.4, 0.5) is 5.69 Å². The van der Waals surface area contributed by atoms with Crippen molar-refractivity contribution in [2.45, 2.75) is 38.1 Å². The normalized spacial score (nSPS) is 22.8. The number of carbonyl (C=O) groups is 1. The van der Waals surface area contributed by atoms with Crippen molar-refractivity contribution < 1.29 is 4.79 Å². The van der Waals surface area contributed by atoms with Crippen LogP contribution in [0, 0.1) is 5.92 Å². The number of amides is 1. The minimum atomic E-state index is -0.412. The Morgan fingerprint density at radius 3 is 2.81 bits per heavy atom. The van der Waals surface area contributed by atoms with Crippen LogP contribution in [0.3, 0.4) is 0 Å². The number of nitrogens with zero attached hydrogens (tertiary/aromatic N) is 2. The molecule has 7 heteroatoms. The molecule has 0 saturated heterocycles. The average molecular weight is 391 g/mol. The highest BCUT2D eigenvalue weighted by Gasteiger charge is 2.37. The number of rotatable bonds is 3. The number of hydrogen-bond acceptors (Lipinski definition) is 4. The predicted octanol–water partition coefficient (Wildman–Crippen LogP) is 4.33. The molecule has 1 aromatic carbocycles. The van der Waals surface area contributed by atoms with Gasteiger partial charge in [0.1, 0.15) is 0 Å². The number of nitrogens with two attached hydrogens (primary N) is 1. The van der Waals surface area contributed by atoms with Gasteiger partial charge in [-0.25, -0.2) is 4.98 Å². The van der Waals surface area contributed by atoms with E-state index in [-0.39, 0.29) is 24.2 Å². The number of benzene rings is 1. The topological polar surface area (TPSA) is 72.4 Å². The highest BCUT2D eigenvalue weighted by atomic mass is 35.5. The van der Waals surface area contributed by atoms with Crippen LogP contribution in [0.1, 0.15) is 32.6 Å². The second-order valence-corrected chi connectivity index (χ2v) is 7.96. The summed E-state index contributed by atoms with van der Waals surface area (Å²) in [7, 11) is 0. The molecule has 2 aromatic heterocycles. The summed E-state index contributed by atoms with van der Waals surface area (Å²) in [5.41, 5.74) is 8.70. The molecule has 3 N–H and O–H groups in total. The van der Waals surface area contributed by atoms with Gasteiger partial charge in [-0.05, 0) is 31.9 Å². The summed E-state index contributed by atoms with van der Waals surface area (Å²) in [5, 5.41) is 5.04. The Kier molecular flexibility index (Phi) is 5.37. The second-order valence-electron chi connectivity index (χ2n) is 7.09. The molecule has 2 unspecified atom stereocenters. The second kappa shape index (κ2) is 7.39. The number of imidazole rings is 1. The molecule has 5 nitrogen and oxygen atoms in total. The molecule has 0 bridgehead atoms. The van der Waals surface area contributed by atoms with E-state index < -0.39 is 5.54 Å². The van der Waals surface area contributed by atoms with Crippen LogP contribution in [-0.2, 0) is 4.79 Å². The highest BCUT2D eigenvalue weighted by Crippen LogP contribution is 2.32. The highest BCUT2D eigenvalue weighted by molar-refractivity contribution is 7.15. The van der Waals surface area contributed by atoms with E-state index in [9.17, 15) is 4.79 Å². The first-order chi connectivity index (χ1) is 12.0. The summed E-state index contributed by atoms with van der Waals surface area (Å²) in [4.78, 5) is 18.2. The monoisotopic (exact) mass is 390 g/mol. The summed E-state index contributed by atoms with van der Waals surface area (Å²) < 4.78 is 2.01. The Morgan fingerprint density at radius 2 is 2.12 bits per heavy atom. The summed E-state index contributed by atoms with van der Waals surface area (Å²) >= 11 is 1.61. The maximum atomic E-state index is 12.6. The van der Waals surface area contributed by atoms with Crippen molar-refractivity contribution in [3.8, 4) is 11.3 Å². The van der Waals surface area contributed by atoms with Crippen LogP contribution >= 0.6 is 23.7 Å². The van der Waals surface area contributed by atoms with Crippen LogP contribution in [0.15, 0.2) is 42.0 Å². The zero-order valence-electron chi connectivity index (χ0n) is 14.6. The molecule has 1 aliphatic rings. The molecule has 2 heterocycles. The Labute approximate surface area is 163 Å². The molecule has 0 aliphatic heterocycles. The van der Waals surface area contributed by atoms with E-state index >= 15 is 0 Å². The van der Waals surface area contributed by atoms with Crippen molar-refractivity contribution in [3.05, 3.63) is 42.0 Å². The molecule has 26 heavy (non-hydrogen) atoms. The Balaban J connectivity index is 0.00000196. The van der Waals surface area contributed by atoms with Gasteiger partial charge in [-0.1, -0.05) is 25.0 Å². The minimum Gasteiger partial charge on any atom is -0.326 e. The van der Waals surface area contributed by atoms with Crippen molar-refractivity contribution in [3.63, 3.8) is 0 Å². The van der Waals surface area contributed by atoms with Gasteiger partial charge in [0, 0.05) is 34.6 Å². The molecule has 1 fully saturated rings. The van der Waals surface area contributed by atoms with Gasteiger partial charge in [-0.2, -0.15) is 0 Å². The lowest BCUT2D eigenvalue weighted by Crippen LogP contribution is -2.51. The number of aromatic nitrogens is 2. The van der Waals surface area contributed by atoms with Gasteiger partial charge in [0.2, 0.25) is 5.91 Å². The van der Waals surface area contributed by atoms with E-state index in [1.54, 1.807) is 11.3 Å². The first-order valence-electron chi connectivity index (χ1n) is 8.65. The van der Waals surface area contributed by atoms with Crippen LogP contribution in [-0.4, -0.2) is 20.8 Å². The van der Waals surface area contributed by atoms with Gasteiger partial charge >= 0.3 is 0 Å². The zero-order chi connectivity index (χ0) is 17.4. The van der Waals surface area contributed by atoms with Crippen LogP contribution in [0.2, 0.25) is 0 Å². The Hall–Kier alpha value is -1.89. The molecule has 0 spiro atoms. The van der Waals surface area contributed by atoms with Crippen molar-refractivity contribution in [2.75, 3.05) is 5.32 Å². The van der Waals surface area contributed by atoms with Gasteiger partial charge in [-0.3, -0.25) is 9.20 Å².